The molecule has 2 rings (SSSR count). The molecule has 20 heavy (non-hydrogen) atoms. The van der Waals surface area contributed by atoms with E-state index in [0.717, 1.165) is 11.1 Å². The number of halogens is 2. The Morgan fingerprint density at radius 1 is 1.25 bits per heavy atom. The molecule has 0 fully saturated rings. The van der Waals surface area contributed by atoms with Crippen molar-refractivity contribution in [1.29, 1.82) is 0 Å². The summed E-state index contributed by atoms with van der Waals surface area (Å²) >= 11 is 5.71. The standard InChI is InChI=1S/C16H14ClFO2/c1-10-3-6-16(13(7-10)11(2)19)20-9-12-4-5-15(18)14(17)8-12/h3-8H,9H2,1-2H3. The molecule has 0 N–H and O–H groups in total. The van der Waals surface area contributed by atoms with Gasteiger partial charge < -0.3 is 4.74 Å². The van der Waals surface area contributed by atoms with Crippen LogP contribution in [0.15, 0.2) is 36.4 Å². The summed E-state index contributed by atoms with van der Waals surface area (Å²) in [5, 5.41) is 0.0572. The maximum atomic E-state index is 13.1. The van der Waals surface area contributed by atoms with Gasteiger partial charge in [0.1, 0.15) is 18.2 Å². The number of ketones is 1. The number of benzene rings is 2. The van der Waals surface area contributed by atoms with Crippen LogP contribution in [0.5, 0.6) is 5.75 Å². The molecule has 0 atom stereocenters. The van der Waals surface area contributed by atoms with Gasteiger partial charge in [0.25, 0.3) is 0 Å². The van der Waals surface area contributed by atoms with E-state index >= 15 is 0 Å². The molecule has 0 amide bonds. The van der Waals surface area contributed by atoms with E-state index in [4.69, 9.17) is 16.3 Å². The second kappa shape index (κ2) is 6.06. The van der Waals surface area contributed by atoms with E-state index < -0.39 is 5.82 Å². The summed E-state index contributed by atoms with van der Waals surface area (Å²) in [6, 6.07) is 9.83. The van der Waals surface area contributed by atoms with Gasteiger partial charge in [-0.3, -0.25) is 4.79 Å². The highest BCUT2D eigenvalue weighted by Crippen LogP contribution is 2.23. The first-order chi connectivity index (χ1) is 9.47. The molecule has 0 aromatic heterocycles. The van der Waals surface area contributed by atoms with Crippen molar-refractivity contribution >= 4 is 17.4 Å². The smallest absolute Gasteiger partial charge is 0.163 e. The summed E-state index contributed by atoms with van der Waals surface area (Å²) in [5.41, 5.74) is 2.28. The minimum absolute atomic E-state index is 0.0548. The molecule has 2 aromatic rings. The van der Waals surface area contributed by atoms with E-state index in [-0.39, 0.29) is 17.4 Å². The van der Waals surface area contributed by atoms with E-state index in [1.165, 1.54) is 19.1 Å². The number of Topliss-reactive ketones (excluding diaryl/α,β-unsaturated/α-hetero) is 1. The molecular formula is C16H14ClFO2. The number of carbonyl (C=O) groups is 1. The van der Waals surface area contributed by atoms with Crippen LogP contribution in [-0.2, 0) is 6.61 Å². The SMILES string of the molecule is CC(=O)c1cc(C)ccc1OCc1ccc(F)c(Cl)c1. The van der Waals surface area contributed by atoms with Gasteiger partial charge in [0, 0.05) is 0 Å². The van der Waals surface area contributed by atoms with Gasteiger partial charge >= 0.3 is 0 Å². The van der Waals surface area contributed by atoms with Crippen LogP contribution in [0.3, 0.4) is 0 Å². The Morgan fingerprint density at radius 3 is 2.65 bits per heavy atom. The van der Waals surface area contributed by atoms with Crippen LogP contribution in [-0.4, -0.2) is 5.78 Å². The van der Waals surface area contributed by atoms with Crippen molar-refractivity contribution in [2.75, 3.05) is 0 Å². The van der Waals surface area contributed by atoms with Gasteiger partial charge in [-0.15, -0.1) is 0 Å². The summed E-state index contributed by atoms with van der Waals surface area (Å²) in [6.07, 6.45) is 0. The molecule has 2 nitrogen and oxygen atoms in total. The Morgan fingerprint density at radius 2 is 2.00 bits per heavy atom. The molecule has 0 spiro atoms. The molecule has 0 aliphatic rings. The summed E-state index contributed by atoms with van der Waals surface area (Å²) in [6.45, 7) is 3.63. The van der Waals surface area contributed by atoms with Crippen molar-refractivity contribution < 1.29 is 13.9 Å². The maximum Gasteiger partial charge on any atom is 0.163 e. The number of ether oxygens (including phenoxy) is 1. The lowest BCUT2D eigenvalue weighted by Gasteiger charge is -2.11. The fourth-order valence-corrected chi connectivity index (χ4v) is 2.04. The molecule has 0 unspecified atom stereocenters. The van der Waals surface area contributed by atoms with Gasteiger partial charge in [-0.25, -0.2) is 4.39 Å². The van der Waals surface area contributed by atoms with Crippen LogP contribution < -0.4 is 4.74 Å². The van der Waals surface area contributed by atoms with Gasteiger partial charge in [-0.1, -0.05) is 29.3 Å². The quantitative estimate of drug-likeness (QED) is 0.772. The van der Waals surface area contributed by atoms with Crippen molar-refractivity contribution in [1.82, 2.24) is 0 Å². The number of rotatable bonds is 4. The number of carbonyl (C=O) groups excluding carboxylic acids is 1. The van der Waals surface area contributed by atoms with E-state index in [1.54, 1.807) is 18.2 Å². The van der Waals surface area contributed by atoms with Crippen LogP contribution in [0.25, 0.3) is 0 Å². The molecule has 0 saturated carbocycles. The fraction of sp³-hybridized carbons (Fsp3) is 0.188. The highest BCUT2D eigenvalue weighted by atomic mass is 35.5. The molecule has 2 aromatic carbocycles. The van der Waals surface area contributed by atoms with Crippen LogP contribution in [0.2, 0.25) is 5.02 Å². The molecule has 0 radical (unpaired) electrons. The third-order valence-electron chi connectivity index (χ3n) is 2.89. The molecule has 0 aliphatic carbocycles. The Balaban J connectivity index is 2.18. The van der Waals surface area contributed by atoms with Gasteiger partial charge in [-0.2, -0.15) is 0 Å². The van der Waals surface area contributed by atoms with Crippen LogP contribution in [0, 0.1) is 12.7 Å². The molecule has 104 valence electrons. The van der Waals surface area contributed by atoms with Crippen molar-refractivity contribution in [3.05, 3.63) is 63.9 Å². The first kappa shape index (κ1) is 14.5. The van der Waals surface area contributed by atoms with E-state index in [0.29, 0.717) is 11.3 Å². The lowest BCUT2D eigenvalue weighted by molar-refractivity contribution is 0.101. The number of hydrogen-bond donors (Lipinski definition) is 0. The third-order valence-corrected chi connectivity index (χ3v) is 3.18. The summed E-state index contributed by atoms with van der Waals surface area (Å²) in [7, 11) is 0. The fourth-order valence-electron chi connectivity index (χ4n) is 1.84. The average molecular weight is 293 g/mol. The Labute approximate surface area is 122 Å². The Kier molecular flexibility index (Phi) is 4.40. The molecule has 0 heterocycles. The van der Waals surface area contributed by atoms with Crippen molar-refractivity contribution in [2.45, 2.75) is 20.5 Å². The lowest BCUT2D eigenvalue weighted by atomic mass is 10.1. The van der Waals surface area contributed by atoms with Crippen LogP contribution in [0.4, 0.5) is 4.39 Å². The minimum atomic E-state index is -0.463. The molecular weight excluding hydrogens is 279 g/mol. The third kappa shape index (κ3) is 3.36. The largest absolute Gasteiger partial charge is 0.488 e. The van der Waals surface area contributed by atoms with Crippen LogP contribution in [0.1, 0.15) is 28.4 Å². The van der Waals surface area contributed by atoms with Crippen molar-refractivity contribution in [3.63, 3.8) is 0 Å². The predicted molar refractivity (Wildman–Crippen MR) is 76.9 cm³/mol. The highest BCUT2D eigenvalue weighted by Gasteiger charge is 2.09. The van der Waals surface area contributed by atoms with E-state index in [1.807, 2.05) is 13.0 Å². The lowest BCUT2D eigenvalue weighted by Crippen LogP contribution is -2.02. The van der Waals surface area contributed by atoms with Gasteiger partial charge in [0.05, 0.1) is 10.6 Å². The highest BCUT2D eigenvalue weighted by molar-refractivity contribution is 6.30. The summed E-state index contributed by atoms with van der Waals surface area (Å²) in [5.74, 6) is -0.000404. The zero-order chi connectivity index (χ0) is 14.7. The van der Waals surface area contributed by atoms with Gasteiger partial charge in [0.2, 0.25) is 0 Å². The summed E-state index contributed by atoms with van der Waals surface area (Å²) < 4.78 is 18.7. The summed E-state index contributed by atoms with van der Waals surface area (Å²) in [4.78, 5) is 11.6. The Bertz CT molecular complexity index is 653. The predicted octanol–water partition coefficient (Wildman–Crippen LogP) is 4.57. The first-order valence-electron chi connectivity index (χ1n) is 6.15. The molecule has 0 saturated heterocycles. The average Bonchev–Trinajstić information content (AvgIpc) is 2.41. The maximum absolute atomic E-state index is 13.1. The molecule has 0 aliphatic heterocycles. The van der Waals surface area contributed by atoms with Crippen LogP contribution >= 0.6 is 11.6 Å². The first-order valence-corrected chi connectivity index (χ1v) is 6.53. The second-order valence-electron chi connectivity index (χ2n) is 4.59. The van der Waals surface area contributed by atoms with Gasteiger partial charge in [-0.05, 0) is 43.7 Å². The second-order valence-corrected chi connectivity index (χ2v) is 5.00. The molecule has 0 bridgehead atoms. The van der Waals surface area contributed by atoms with Crippen molar-refractivity contribution in [2.24, 2.45) is 0 Å². The van der Waals surface area contributed by atoms with Gasteiger partial charge in [0.15, 0.2) is 5.78 Å². The monoisotopic (exact) mass is 292 g/mol. The topological polar surface area (TPSA) is 26.3 Å². The number of aryl methyl sites for hydroxylation is 1. The molecule has 4 heteroatoms. The van der Waals surface area contributed by atoms with E-state index in [2.05, 4.69) is 0 Å². The zero-order valence-corrected chi connectivity index (χ0v) is 12.0. The Hall–Kier alpha value is -1.87. The van der Waals surface area contributed by atoms with E-state index in [9.17, 15) is 9.18 Å². The minimum Gasteiger partial charge on any atom is -0.488 e. The van der Waals surface area contributed by atoms with Crippen molar-refractivity contribution in [3.8, 4) is 5.75 Å². The zero-order valence-electron chi connectivity index (χ0n) is 11.2. The number of hydrogen-bond acceptors (Lipinski definition) is 2. The normalized spacial score (nSPS) is 10.4.